The second-order valence-electron chi connectivity index (χ2n) is 6.74. The SMILES string of the molecule is Cc1nc(NCCCN(C)C)cc(C(=O)N(C)C2CCS(=O)(=O)C2)n1. The Morgan fingerprint density at radius 3 is 2.64 bits per heavy atom. The van der Waals surface area contributed by atoms with Gasteiger partial charge in [0.05, 0.1) is 11.5 Å². The molecule has 1 aliphatic rings. The van der Waals surface area contributed by atoms with E-state index in [1.807, 2.05) is 14.1 Å². The third-order valence-electron chi connectivity index (χ3n) is 4.22. The molecule has 9 heteroatoms. The molecule has 1 aromatic rings. The van der Waals surface area contributed by atoms with E-state index in [0.717, 1.165) is 19.5 Å². The number of carbonyl (C=O) groups is 1. The first kappa shape index (κ1) is 19.6. The molecule has 0 aromatic carbocycles. The number of hydrogen-bond donors (Lipinski definition) is 1. The maximum absolute atomic E-state index is 12.7. The normalized spacial score (nSPS) is 19.2. The fourth-order valence-corrected chi connectivity index (χ4v) is 4.58. The fraction of sp³-hybridized carbons (Fsp3) is 0.688. The number of amides is 1. The van der Waals surface area contributed by atoms with Gasteiger partial charge in [0.25, 0.3) is 5.91 Å². The van der Waals surface area contributed by atoms with E-state index in [4.69, 9.17) is 0 Å². The first-order valence-corrected chi connectivity index (χ1v) is 10.2. The maximum Gasteiger partial charge on any atom is 0.272 e. The van der Waals surface area contributed by atoms with Crippen molar-refractivity contribution in [3.8, 4) is 0 Å². The largest absolute Gasteiger partial charge is 0.370 e. The second-order valence-corrected chi connectivity index (χ2v) is 8.97. The summed E-state index contributed by atoms with van der Waals surface area (Å²) in [6.45, 7) is 3.45. The van der Waals surface area contributed by atoms with Crippen molar-refractivity contribution >= 4 is 21.6 Å². The highest BCUT2D eigenvalue weighted by Crippen LogP contribution is 2.19. The summed E-state index contributed by atoms with van der Waals surface area (Å²) >= 11 is 0. The molecule has 0 bridgehead atoms. The van der Waals surface area contributed by atoms with Gasteiger partial charge in [-0.1, -0.05) is 0 Å². The van der Waals surface area contributed by atoms with Gasteiger partial charge in [-0.05, 0) is 40.4 Å². The smallest absolute Gasteiger partial charge is 0.272 e. The van der Waals surface area contributed by atoms with Gasteiger partial charge in [-0.2, -0.15) is 0 Å². The summed E-state index contributed by atoms with van der Waals surface area (Å²) in [4.78, 5) is 24.8. The van der Waals surface area contributed by atoms with Crippen molar-refractivity contribution < 1.29 is 13.2 Å². The van der Waals surface area contributed by atoms with Crippen molar-refractivity contribution in [3.05, 3.63) is 17.6 Å². The summed E-state index contributed by atoms with van der Waals surface area (Å²) in [6.07, 6.45) is 1.43. The lowest BCUT2D eigenvalue weighted by Crippen LogP contribution is -2.38. The molecule has 1 aliphatic heterocycles. The molecule has 1 amide bonds. The number of anilines is 1. The maximum atomic E-state index is 12.7. The molecule has 1 N–H and O–H groups in total. The Morgan fingerprint density at radius 1 is 1.32 bits per heavy atom. The minimum absolute atomic E-state index is 0.0228. The number of nitrogens with zero attached hydrogens (tertiary/aromatic N) is 4. The Kier molecular flexibility index (Phi) is 6.34. The van der Waals surface area contributed by atoms with Gasteiger partial charge in [0, 0.05) is 25.7 Å². The van der Waals surface area contributed by atoms with Crippen LogP contribution in [0.25, 0.3) is 0 Å². The number of aryl methyl sites for hydroxylation is 1. The number of hydrogen-bond acceptors (Lipinski definition) is 7. The predicted octanol–water partition coefficient (Wildman–Crippen LogP) is 0.408. The topological polar surface area (TPSA) is 95.5 Å². The van der Waals surface area contributed by atoms with Crippen LogP contribution in [0.1, 0.15) is 29.2 Å². The predicted molar refractivity (Wildman–Crippen MR) is 97.6 cm³/mol. The third-order valence-corrected chi connectivity index (χ3v) is 5.97. The van der Waals surface area contributed by atoms with E-state index < -0.39 is 9.84 Å². The van der Waals surface area contributed by atoms with Gasteiger partial charge in [0.2, 0.25) is 0 Å². The van der Waals surface area contributed by atoms with Crippen molar-refractivity contribution in [2.75, 3.05) is 51.1 Å². The highest BCUT2D eigenvalue weighted by molar-refractivity contribution is 7.91. The van der Waals surface area contributed by atoms with Crippen LogP contribution in [0, 0.1) is 6.92 Å². The zero-order valence-corrected chi connectivity index (χ0v) is 16.1. The van der Waals surface area contributed by atoms with E-state index in [9.17, 15) is 13.2 Å². The van der Waals surface area contributed by atoms with Crippen molar-refractivity contribution in [1.82, 2.24) is 19.8 Å². The Bertz CT molecular complexity index is 720. The van der Waals surface area contributed by atoms with Gasteiger partial charge in [-0.3, -0.25) is 4.79 Å². The Hall–Kier alpha value is -1.74. The number of nitrogens with one attached hydrogen (secondary N) is 1. The molecular weight excluding hydrogens is 342 g/mol. The molecule has 2 heterocycles. The molecular formula is C16H27N5O3S. The minimum atomic E-state index is -3.04. The first-order chi connectivity index (χ1) is 11.7. The van der Waals surface area contributed by atoms with Crippen LogP contribution in [-0.4, -0.2) is 85.9 Å². The van der Waals surface area contributed by atoms with Crippen molar-refractivity contribution in [2.24, 2.45) is 0 Å². The average molecular weight is 369 g/mol. The second kappa shape index (κ2) is 8.09. The standard InChI is InChI=1S/C16H27N5O3S/c1-12-18-14(10-15(19-12)17-7-5-8-20(2)3)16(22)21(4)13-6-9-25(23,24)11-13/h10,13H,5-9,11H2,1-4H3,(H,17,18,19). The monoisotopic (exact) mass is 369 g/mol. The summed E-state index contributed by atoms with van der Waals surface area (Å²) in [5.74, 6) is 1.01. The van der Waals surface area contributed by atoms with Gasteiger partial charge in [0.1, 0.15) is 17.3 Å². The van der Waals surface area contributed by atoms with Crippen molar-refractivity contribution in [3.63, 3.8) is 0 Å². The highest BCUT2D eigenvalue weighted by Gasteiger charge is 2.33. The molecule has 1 unspecified atom stereocenters. The summed E-state index contributed by atoms with van der Waals surface area (Å²) in [6, 6.07) is 1.34. The van der Waals surface area contributed by atoms with E-state index >= 15 is 0 Å². The minimum Gasteiger partial charge on any atom is -0.370 e. The molecule has 140 valence electrons. The van der Waals surface area contributed by atoms with Crippen LogP contribution in [-0.2, 0) is 9.84 Å². The third kappa shape index (κ3) is 5.64. The van der Waals surface area contributed by atoms with Crippen LogP contribution in [0.5, 0.6) is 0 Å². The Morgan fingerprint density at radius 2 is 2.04 bits per heavy atom. The molecule has 25 heavy (non-hydrogen) atoms. The van der Waals surface area contributed by atoms with Crippen molar-refractivity contribution in [1.29, 1.82) is 0 Å². The number of aromatic nitrogens is 2. The molecule has 0 aliphatic carbocycles. The lowest BCUT2D eigenvalue weighted by molar-refractivity contribution is 0.0741. The molecule has 0 radical (unpaired) electrons. The van der Waals surface area contributed by atoms with Gasteiger partial charge in [0.15, 0.2) is 9.84 Å². The van der Waals surface area contributed by atoms with Crippen LogP contribution >= 0.6 is 0 Å². The summed E-state index contributed by atoms with van der Waals surface area (Å²) in [5.41, 5.74) is 0.286. The summed E-state index contributed by atoms with van der Waals surface area (Å²) in [7, 11) is 2.63. The highest BCUT2D eigenvalue weighted by atomic mass is 32.2. The van der Waals surface area contributed by atoms with Crippen LogP contribution in [0.4, 0.5) is 5.82 Å². The van der Waals surface area contributed by atoms with E-state index in [1.54, 1.807) is 20.0 Å². The quantitative estimate of drug-likeness (QED) is 0.695. The molecule has 1 saturated heterocycles. The summed E-state index contributed by atoms with van der Waals surface area (Å²) < 4.78 is 23.3. The first-order valence-electron chi connectivity index (χ1n) is 8.40. The van der Waals surface area contributed by atoms with Gasteiger partial charge in [-0.15, -0.1) is 0 Å². The molecule has 1 fully saturated rings. The van der Waals surface area contributed by atoms with E-state index in [-0.39, 0.29) is 29.1 Å². The molecule has 0 spiro atoms. The summed E-state index contributed by atoms with van der Waals surface area (Å²) in [5, 5.41) is 3.21. The van der Waals surface area contributed by atoms with Crippen LogP contribution in [0.3, 0.4) is 0 Å². The van der Waals surface area contributed by atoms with Crippen LogP contribution < -0.4 is 5.32 Å². The average Bonchev–Trinajstić information content (AvgIpc) is 2.89. The van der Waals surface area contributed by atoms with E-state index in [0.29, 0.717) is 18.1 Å². The fourth-order valence-electron chi connectivity index (χ4n) is 2.81. The zero-order valence-electron chi connectivity index (χ0n) is 15.3. The molecule has 2 rings (SSSR count). The Balaban J connectivity index is 2.04. The molecule has 0 saturated carbocycles. The zero-order chi connectivity index (χ0) is 18.6. The van der Waals surface area contributed by atoms with Gasteiger partial charge < -0.3 is 15.1 Å². The molecule has 1 atom stereocenters. The van der Waals surface area contributed by atoms with Crippen molar-refractivity contribution in [2.45, 2.75) is 25.8 Å². The number of rotatable bonds is 7. The van der Waals surface area contributed by atoms with Crippen LogP contribution in [0.2, 0.25) is 0 Å². The lowest BCUT2D eigenvalue weighted by Gasteiger charge is -2.23. The van der Waals surface area contributed by atoms with Crippen LogP contribution in [0.15, 0.2) is 6.07 Å². The Labute approximate surface area is 149 Å². The van der Waals surface area contributed by atoms with Gasteiger partial charge in [-0.25, -0.2) is 18.4 Å². The molecule has 1 aromatic heterocycles. The van der Waals surface area contributed by atoms with Gasteiger partial charge >= 0.3 is 0 Å². The lowest BCUT2D eigenvalue weighted by atomic mass is 10.2. The molecule has 8 nitrogen and oxygen atoms in total. The van der Waals surface area contributed by atoms with E-state index in [2.05, 4.69) is 20.2 Å². The number of carbonyl (C=O) groups excluding carboxylic acids is 1. The van der Waals surface area contributed by atoms with E-state index in [1.165, 1.54) is 4.90 Å². The number of sulfone groups is 1.